The van der Waals surface area contributed by atoms with Crippen LogP contribution in [0.3, 0.4) is 0 Å². The second-order valence-electron chi connectivity index (χ2n) is 5.97. The van der Waals surface area contributed by atoms with Crippen molar-refractivity contribution in [2.45, 2.75) is 59.7 Å². The van der Waals surface area contributed by atoms with Gasteiger partial charge in [-0.3, -0.25) is 0 Å². The molecule has 0 saturated carbocycles. The maximum absolute atomic E-state index is 13.1. The van der Waals surface area contributed by atoms with Crippen LogP contribution in [0.5, 0.6) is 0 Å². The van der Waals surface area contributed by atoms with Gasteiger partial charge in [0, 0.05) is 21.4 Å². The maximum atomic E-state index is 13.1. The second-order valence-corrected chi connectivity index (χ2v) is 9.64. The highest BCUT2D eigenvalue weighted by molar-refractivity contribution is 8.31. The highest BCUT2D eigenvalue weighted by Crippen LogP contribution is 2.66. The van der Waals surface area contributed by atoms with Gasteiger partial charge in [-0.25, -0.2) is 0 Å². The fourth-order valence-electron chi connectivity index (χ4n) is 1.54. The van der Waals surface area contributed by atoms with Crippen molar-refractivity contribution in [3.05, 3.63) is 0 Å². The van der Waals surface area contributed by atoms with Crippen LogP contribution in [0.15, 0.2) is 0 Å². The Morgan fingerprint density at radius 2 is 0.378 bits per heavy atom. The van der Waals surface area contributed by atoms with Crippen LogP contribution in [0.1, 0.15) is 0 Å². The van der Waals surface area contributed by atoms with Crippen LogP contribution in [0.2, 0.25) is 0 Å². The van der Waals surface area contributed by atoms with Gasteiger partial charge in [-0.05, 0) is 0 Å². The van der Waals surface area contributed by atoms with Gasteiger partial charge in [0.2, 0.25) is 0 Å². The molecule has 0 radical (unpaired) electrons. The zero-order valence-electron chi connectivity index (χ0n) is 15.3. The molecular formula is C10Cl2F22O2S. The van der Waals surface area contributed by atoms with Crippen molar-refractivity contribution < 1.29 is 105 Å². The molecule has 0 aromatic heterocycles. The molecule has 0 atom stereocenters. The molecule has 0 aliphatic carbocycles. The fourth-order valence-corrected chi connectivity index (χ4v) is 1.54. The molecule has 0 aromatic rings. The van der Waals surface area contributed by atoms with E-state index in [0.717, 1.165) is 0 Å². The van der Waals surface area contributed by atoms with E-state index in [1.54, 1.807) is 0 Å². The summed E-state index contributed by atoms with van der Waals surface area (Å²) in [6.45, 7) is 0. The van der Waals surface area contributed by atoms with Gasteiger partial charge >= 0.3 is 68.0 Å². The quantitative estimate of drug-likeness (QED) is 0.204. The Balaban J connectivity index is 0. The molecule has 0 heterocycles. The summed E-state index contributed by atoms with van der Waals surface area (Å²) in [7, 11) is 4.81. The predicted octanol–water partition coefficient (Wildman–Crippen LogP) is 7.90. The van der Waals surface area contributed by atoms with Gasteiger partial charge in [0.15, 0.2) is 0 Å². The molecule has 0 amide bonds. The van der Waals surface area contributed by atoms with E-state index in [4.69, 9.17) is 8.42 Å². The summed E-state index contributed by atoms with van der Waals surface area (Å²) in [4.78, 5) is 0. The van der Waals surface area contributed by atoms with E-state index in [1.807, 2.05) is 0 Å². The first-order valence-electron chi connectivity index (χ1n) is 7.05. The average molecular weight is 673 g/mol. The van der Waals surface area contributed by atoms with Crippen LogP contribution in [0.25, 0.3) is 0 Å². The van der Waals surface area contributed by atoms with E-state index >= 15 is 0 Å². The topological polar surface area (TPSA) is 34.1 Å². The molecule has 2 nitrogen and oxygen atoms in total. The molecule has 27 heteroatoms. The van der Waals surface area contributed by atoms with Gasteiger partial charge in [-0.15, -0.1) is 0 Å². The Labute approximate surface area is 195 Å². The zero-order valence-corrected chi connectivity index (χ0v) is 17.6. The van der Waals surface area contributed by atoms with E-state index in [1.165, 1.54) is 0 Å². The summed E-state index contributed by atoms with van der Waals surface area (Å²) >= 11 is 0. The lowest BCUT2D eigenvalue weighted by Crippen LogP contribution is -2.76. The van der Waals surface area contributed by atoms with Crippen molar-refractivity contribution in [1.29, 1.82) is 0 Å². The first-order chi connectivity index (χ1) is 15.2. The smallest absolute Gasteiger partial charge is 0.195 e. The second kappa shape index (κ2) is 9.57. The van der Waals surface area contributed by atoms with Gasteiger partial charge in [-0.2, -0.15) is 105 Å². The molecule has 0 saturated heterocycles. The first kappa shape index (κ1) is 38.1. The minimum absolute atomic E-state index is 3.72. The Morgan fingerprint density at radius 3 is 0.459 bits per heavy atom. The average Bonchev–Trinajstić information content (AvgIpc) is 2.56. The van der Waals surface area contributed by atoms with E-state index in [-0.39, 0.29) is 0 Å². The Bertz CT molecular complexity index is 847. The van der Waals surface area contributed by atoms with E-state index in [2.05, 4.69) is 21.4 Å². The molecule has 0 aliphatic heterocycles. The van der Waals surface area contributed by atoms with Gasteiger partial charge in [0.25, 0.3) is 0 Å². The Kier molecular flexibility index (Phi) is 9.87. The third kappa shape index (κ3) is 5.95. The highest BCUT2D eigenvalue weighted by atomic mass is 36.0. The number of halogens is 24. The number of alkyl halides is 22. The summed E-state index contributed by atoms with van der Waals surface area (Å²) < 4.78 is 294. The van der Waals surface area contributed by atoms with Gasteiger partial charge in [-0.1, -0.05) is 0 Å². The highest BCUT2D eigenvalue weighted by Gasteiger charge is 2.98. The summed E-state index contributed by atoms with van der Waals surface area (Å²) in [5.74, 6) is -71.5. The number of hydrogen-bond acceptors (Lipinski definition) is 2. The van der Waals surface area contributed by atoms with E-state index < -0.39 is 68.0 Å². The van der Waals surface area contributed by atoms with E-state index in [9.17, 15) is 96.6 Å². The lowest BCUT2D eigenvalue weighted by Gasteiger charge is -2.43. The molecule has 0 spiro atoms. The number of hydrogen-bond donors (Lipinski definition) is 0. The lowest BCUT2D eigenvalue weighted by molar-refractivity contribution is -0.478. The minimum atomic E-state index is -9.24. The molecule has 0 aromatic carbocycles. The fraction of sp³-hybridized carbons (Fsp3) is 1.00. The summed E-state index contributed by atoms with van der Waals surface area (Å²) in [6.07, 6.45) is -16.1. The molecule has 0 fully saturated rings. The molecule has 226 valence electrons. The van der Waals surface area contributed by atoms with Crippen LogP contribution in [-0.2, 0) is 8.26 Å². The third-order valence-electron chi connectivity index (χ3n) is 3.47. The SMILES string of the molecule is FC(F)(F)C(F)(F)C(F)(F)C(F)(F)C(F)(F)C(F)(F)C(F)(F)C(F)(F)C(F)(F)C(F)(F)F.O=S(=O)(Cl)Cl. The van der Waals surface area contributed by atoms with Crippen molar-refractivity contribution >= 4 is 29.6 Å². The van der Waals surface area contributed by atoms with Crippen LogP contribution < -0.4 is 0 Å². The van der Waals surface area contributed by atoms with Gasteiger partial charge in [0.05, 0.1) is 0 Å². The molecule has 0 unspecified atom stereocenters. The summed E-state index contributed by atoms with van der Waals surface area (Å²) in [5.41, 5.74) is 0. The van der Waals surface area contributed by atoms with Crippen molar-refractivity contribution in [2.75, 3.05) is 0 Å². The van der Waals surface area contributed by atoms with Crippen molar-refractivity contribution in [3.8, 4) is 0 Å². The van der Waals surface area contributed by atoms with Crippen molar-refractivity contribution in [1.82, 2.24) is 0 Å². The lowest BCUT2D eigenvalue weighted by atomic mass is 9.87. The molecule has 0 rings (SSSR count). The predicted molar refractivity (Wildman–Crippen MR) is 72.3 cm³/mol. The molecular weight excluding hydrogens is 673 g/mol. The van der Waals surface area contributed by atoms with Crippen LogP contribution in [-0.4, -0.2) is 68.2 Å². The number of rotatable bonds is 7. The van der Waals surface area contributed by atoms with Crippen molar-refractivity contribution in [3.63, 3.8) is 0 Å². The Hall–Kier alpha value is -1.01. The minimum Gasteiger partial charge on any atom is -0.195 e. The first-order valence-corrected chi connectivity index (χ1v) is 10.2. The molecule has 0 N–H and O–H groups in total. The van der Waals surface area contributed by atoms with Crippen LogP contribution in [0, 0.1) is 0 Å². The summed E-state index contributed by atoms with van der Waals surface area (Å²) in [6, 6.07) is 0. The summed E-state index contributed by atoms with van der Waals surface area (Å²) in [5, 5.41) is 0. The van der Waals surface area contributed by atoms with Gasteiger partial charge < -0.3 is 0 Å². The standard InChI is InChI=1S/C10F22.Cl2O2S/c11-1(12,3(15,16)5(19,20)7(23,24)9(27,28)29)2(13,14)4(17,18)6(21,22)8(25,26)10(30,31)32;1-5(2,3)4. The maximum Gasteiger partial charge on any atom is 0.460 e. The Morgan fingerprint density at radius 1 is 0.297 bits per heavy atom. The van der Waals surface area contributed by atoms with Crippen LogP contribution >= 0.6 is 21.4 Å². The van der Waals surface area contributed by atoms with Gasteiger partial charge in [0.1, 0.15) is 0 Å². The normalized spacial score (nSPS) is 16.3. The molecule has 37 heavy (non-hydrogen) atoms. The van der Waals surface area contributed by atoms with Crippen molar-refractivity contribution in [2.24, 2.45) is 0 Å². The zero-order chi connectivity index (χ0) is 31.5. The van der Waals surface area contributed by atoms with E-state index in [0.29, 0.717) is 0 Å². The molecule has 0 bridgehead atoms. The largest absolute Gasteiger partial charge is 0.460 e. The monoisotopic (exact) mass is 672 g/mol. The third-order valence-corrected chi connectivity index (χ3v) is 3.47. The van der Waals surface area contributed by atoms with Crippen LogP contribution in [0.4, 0.5) is 96.6 Å². The molecule has 0 aliphatic rings.